The van der Waals surface area contributed by atoms with Gasteiger partial charge in [0.25, 0.3) is 5.91 Å². The third-order valence-electron chi connectivity index (χ3n) is 5.89. The van der Waals surface area contributed by atoms with Crippen molar-refractivity contribution < 1.29 is 9.90 Å². The normalized spacial score (nSPS) is 14.3. The highest BCUT2D eigenvalue weighted by Crippen LogP contribution is 2.25. The maximum atomic E-state index is 13.0. The number of hydrogen-bond acceptors (Lipinski definition) is 5. The molecule has 0 spiro atoms. The summed E-state index contributed by atoms with van der Waals surface area (Å²) < 4.78 is 1.45. The molecule has 3 aromatic rings. The molecule has 2 N–H and O–H groups in total. The highest BCUT2D eigenvalue weighted by molar-refractivity contribution is 5.94. The van der Waals surface area contributed by atoms with Crippen molar-refractivity contribution in [3.05, 3.63) is 69.4 Å². The number of nitrogens with one attached hydrogen (secondary N) is 1. The van der Waals surface area contributed by atoms with Gasteiger partial charge in [0.2, 0.25) is 5.88 Å². The maximum absolute atomic E-state index is 13.0. The standard InChI is InChI=1S/C24H29N5O3/c1-15(2)20-22(30)26-24(32)29(20)19-7-5-18(6-8-19)23(31)28-11-9-27(10-12-28)21-17(4)13-16(3)14-25-21/h5-8,13-15,30H,9-12H2,1-4H3,(H,26,32). The number of aromatic hydroxyl groups is 1. The fraction of sp³-hybridized carbons (Fsp3) is 0.375. The van der Waals surface area contributed by atoms with Crippen LogP contribution in [0.2, 0.25) is 0 Å². The molecule has 0 bridgehead atoms. The highest BCUT2D eigenvalue weighted by Gasteiger charge is 2.24. The van der Waals surface area contributed by atoms with Crippen LogP contribution in [0.5, 0.6) is 5.88 Å². The molecule has 4 rings (SSSR count). The number of benzene rings is 1. The first-order chi connectivity index (χ1) is 15.3. The van der Waals surface area contributed by atoms with Crippen LogP contribution in [0.1, 0.15) is 46.9 Å². The second kappa shape index (κ2) is 8.53. The van der Waals surface area contributed by atoms with Gasteiger partial charge in [-0.15, -0.1) is 0 Å². The van der Waals surface area contributed by atoms with E-state index in [0.717, 1.165) is 30.0 Å². The molecule has 0 saturated carbocycles. The Kier molecular flexibility index (Phi) is 5.78. The van der Waals surface area contributed by atoms with Gasteiger partial charge in [0.1, 0.15) is 5.82 Å². The Bertz CT molecular complexity index is 1190. The van der Waals surface area contributed by atoms with Gasteiger partial charge in [-0.2, -0.15) is 0 Å². The van der Waals surface area contributed by atoms with E-state index in [1.165, 1.54) is 4.57 Å². The number of amides is 1. The van der Waals surface area contributed by atoms with Gasteiger partial charge in [-0.3, -0.25) is 14.3 Å². The van der Waals surface area contributed by atoms with Gasteiger partial charge < -0.3 is 14.9 Å². The summed E-state index contributed by atoms with van der Waals surface area (Å²) in [5, 5.41) is 10.0. The molecule has 1 aromatic carbocycles. The molecule has 1 aliphatic heterocycles. The van der Waals surface area contributed by atoms with Gasteiger partial charge >= 0.3 is 5.69 Å². The van der Waals surface area contributed by atoms with Gasteiger partial charge in [-0.05, 0) is 55.2 Å². The molecule has 1 amide bonds. The van der Waals surface area contributed by atoms with Crippen molar-refractivity contribution >= 4 is 11.7 Å². The van der Waals surface area contributed by atoms with Crippen LogP contribution >= 0.6 is 0 Å². The lowest BCUT2D eigenvalue weighted by Gasteiger charge is -2.36. The Labute approximate surface area is 187 Å². The quantitative estimate of drug-likeness (QED) is 0.657. The van der Waals surface area contributed by atoms with Crippen LogP contribution < -0.4 is 10.6 Å². The number of piperazine rings is 1. The number of pyridine rings is 1. The van der Waals surface area contributed by atoms with E-state index in [0.29, 0.717) is 30.0 Å². The molecule has 8 heteroatoms. The van der Waals surface area contributed by atoms with Gasteiger partial charge in [0.15, 0.2) is 0 Å². The maximum Gasteiger partial charge on any atom is 0.333 e. The summed E-state index contributed by atoms with van der Waals surface area (Å²) >= 11 is 0. The molecule has 0 unspecified atom stereocenters. The van der Waals surface area contributed by atoms with E-state index in [9.17, 15) is 14.7 Å². The SMILES string of the molecule is Cc1cnc(N2CCN(C(=O)c3ccc(-n4c(C(C)C)c(O)[nH]c4=O)cc3)CC2)c(C)c1. The third-order valence-corrected chi connectivity index (χ3v) is 5.89. The van der Waals surface area contributed by atoms with Crippen LogP contribution in [0.15, 0.2) is 41.3 Å². The van der Waals surface area contributed by atoms with Crippen molar-refractivity contribution in [2.45, 2.75) is 33.6 Å². The Morgan fingerprint density at radius 1 is 1.09 bits per heavy atom. The van der Waals surface area contributed by atoms with E-state index in [1.807, 2.05) is 31.9 Å². The minimum atomic E-state index is -0.401. The average molecular weight is 436 g/mol. The average Bonchev–Trinajstić information content (AvgIpc) is 3.07. The van der Waals surface area contributed by atoms with E-state index in [4.69, 9.17) is 0 Å². The van der Waals surface area contributed by atoms with Crippen LogP contribution in [0, 0.1) is 13.8 Å². The van der Waals surface area contributed by atoms with Crippen molar-refractivity contribution in [3.8, 4) is 11.6 Å². The van der Waals surface area contributed by atoms with Gasteiger partial charge in [-0.25, -0.2) is 9.78 Å². The van der Waals surface area contributed by atoms with Crippen LogP contribution in [0.25, 0.3) is 5.69 Å². The summed E-state index contributed by atoms with van der Waals surface area (Å²) in [5.41, 5.74) is 3.59. The molecule has 1 fully saturated rings. The second-order valence-electron chi connectivity index (χ2n) is 8.63. The number of carbonyl (C=O) groups is 1. The molecule has 1 aliphatic rings. The molecule has 168 valence electrons. The zero-order chi connectivity index (χ0) is 23.0. The largest absolute Gasteiger partial charge is 0.493 e. The van der Waals surface area contributed by atoms with E-state index in [-0.39, 0.29) is 17.7 Å². The summed E-state index contributed by atoms with van der Waals surface area (Å²) in [6, 6.07) is 9.07. The topological polar surface area (TPSA) is 94.5 Å². The van der Waals surface area contributed by atoms with Gasteiger partial charge in [0, 0.05) is 37.9 Å². The zero-order valence-corrected chi connectivity index (χ0v) is 18.9. The van der Waals surface area contributed by atoms with Crippen LogP contribution in [-0.2, 0) is 0 Å². The van der Waals surface area contributed by atoms with Crippen LogP contribution in [0.3, 0.4) is 0 Å². The molecule has 0 aliphatic carbocycles. The van der Waals surface area contributed by atoms with E-state index in [2.05, 4.69) is 27.9 Å². The lowest BCUT2D eigenvalue weighted by Crippen LogP contribution is -2.49. The molecule has 2 aromatic heterocycles. The number of anilines is 1. The minimum Gasteiger partial charge on any atom is -0.493 e. The summed E-state index contributed by atoms with van der Waals surface area (Å²) in [7, 11) is 0. The first-order valence-electron chi connectivity index (χ1n) is 10.9. The fourth-order valence-electron chi connectivity index (χ4n) is 4.32. The minimum absolute atomic E-state index is 0.0295. The van der Waals surface area contributed by atoms with Crippen LogP contribution in [0.4, 0.5) is 5.82 Å². The van der Waals surface area contributed by atoms with Crippen molar-refractivity contribution in [2.24, 2.45) is 0 Å². The number of H-pyrrole nitrogens is 1. The molecule has 3 heterocycles. The molecule has 8 nitrogen and oxygen atoms in total. The highest BCUT2D eigenvalue weighted by atomic mass is 16.3. The number of imidazole rings is 1. The summed E-state index contributed by atoms with van der Waals surface area (Å²) in [5.74, 6) is 0.783. The third kappa shape index (κ3) is 4.00. The Morgan fingerprint density at radius 2 is 1.75 bits per heavy atom. The van der Waals surface area contributed by atoms with Crippen molar-refractivity contribution in [2.75, 3.05) is 31.1 Å². The Balaban J connectivity index is 1.47. The number of aromatic amines is 1. The molecule has 32 heavy (non-hydrogen) atoms. The first kappa shape index (κ1) is 21.7. The number of rotatable bonds is 4. The first-order valence-corrected chi connectivity index (χ1v) is 10.9. The number of carbonyl (C=O) groups excluding carboxylic acids is 1. The van der Waals surface area contributed by atoms with Gasteiger partial charge in [0.05, 0.1) is 11.4 Å². The number of aryl methyl sites for hydroxylation is 2. The zero-order valence-electron chi connectivity index (χ0n) is 18.9. The predicted molar refractivity (Wildman–Crippen MR) is 124 cm³/mol. The number of nitrogens with zero attached hydrogens (tertiary/aromatic N) is 4. The lowest BCUT2D eigenvalue weighted by atomic mass is 10.1. The van der Waals surface area contributed by atoms with E-state index in [1.54, 1.807) is 24.3 Å². The molecule has 0 atom stereocenters. The fourth-order valence-corrected chi connectivity index (χ4v) is 4.32. The molecule has 0 radical (unpaired) electrons. The Morgan fingerprint density at radius 3 is 2.34 bits per heavy atom. The van der Waals surface area contributed by atoms with Gasteiger partial charge in [-0.1, -0.05) is 19.9 Å². The predicted octanol–water partition coefficient (Wildman–Crippen LogP) is 2.97. The van der Waals surface area contributed by atoms with Crippen molar-refractivity contribution in [1.82, 2.24) is 19.4 Å². The van der Waals surface area contributed by atoms with Crippen LogP contribution in [-0.4, -0.2) is 56.6 Å². The molecular formula is C24H29N5O3. The second-order valence-corrected chi connectivity index (χ2v) is 8.63. The lowest BCUT2D eigenvalue weighted by molar-refractivity contribution is 0.0746. The molecular weight excluding hydrogens is 406 g/mol. The van der Waals surface area contributed by atoms with E-state index < -0.39 is 5.69 Å². The summed E-state index contributed by atoms with van der Waals surface area (Å²) in [6.45, 7) is 10.6. The number of hydrogen-bond donors (Lipinski definition) is 2. The molecule has 1 saturated heterocycles. The monoisotopic (exact) mass is 435 g/mol. The smallest absolute Gasteiger partial charge is 0.333 e. The summed E-state index contributed by atoms with van der Waals surface area (Å²) in [6.07, 6.45) is 1.88. The Hall–Kier alpha value is -3.55. The summed E-state index contributed by atoms with van der Waals surface area (Å²) in [4.78, 5) is 36.4. The van der Waals surface area contributed by atoms with Crippen molar-refractivity contribution in [3.63, 3.8) is 0 Å². The van der Waals surface area contributed by atoms with Crippen molar-refractivity contribution in [1.29, 1.82) is 0 Å². The number of aromatic nitrogens is 3. The van der Waals surface area contributed by atoms with E-state index >= 15 is 0 Å².